The predicted octanol–water partition coefficient (Wildman–Crippen LogP) is 3.53. The number of carbonyl (C=O) groups excluding carboxylic acids is 1. The van der Waals surface area contributed by atoms with Gasteiger partial charge in [-0.1, -0.05) is 48.0 Å². The Bertz CT molecular complexity index is 652. The maximum Gasteiger partial charge on any atom is 0.277 e. The summed E-state index contributed by atoms with van der Waals surface area (Å²) in [5.74, 6) is 0.242. The number of hydrazone groups is 1. The van der Waals surface area contributed by atoms with Gasteiger partial charge in [-0.3, -0.25) is 4.79 Å². The van der Waals surface area contributed by atoms with Crippen molar-refractivity contribution in [1.29, 1.82) is 0 Å². The summed E-state index contributed by atoms with van der Waals surface area (Å²) in [4.78, 5) is 11.5. The Hall–Kier alpha value is -2.59. The lowest BCUT2D eigenvalue weighted by Gasteiger charge is -2.04. The molecule has 112 valence electrons. The van der Waals surface area contributed by atoms with Crippen molar-refractivity contribution in [1.82, 2.24) is 5.43 Å². The quantitative estimate of drug-likeness (QED) is 0.655. The Balaban J connectivity index is 1.70. The molecule has 4 nitrogen and oxygen atoms in total. The fourth-order valence-electron chi connectivity index (χ4n) is 1.58. The summed E-state index contributed by atoms with van der Waals surface area (Å²) < 4.78 is 5.29. The van der Waals surface area contributed by atoms with Gasteiger partial charge in [-0.25, -0.2) is 5.43 Å². The molecule has 22 heavy (non-hydrogen) atoms. The molecule has 0 atom stereocenters. The van der Waals surface area contributed by atoms with Crippen LogP contribution < -0.4 is 10.2 Å². The highest BCUT2D eigenvalue weighted by molar-refractivity contribution is 6.30. The number of nitrogens with zero attached hydrogens (tertiary/aromatic N) is 1. The Kier molecular flexibility index (Phi) is 6.20. The molecule has 0 spiro atoms. The molecule has 0 aliphatic heterocycles. The third-order valence-electron chi connectivity index (χ3n) is 2.62. The van der Waals surface area contributed by atoms with Crippen LogP contribution in [0.15, 0.2) is 65.8 Å². The van der Waals surface area contributed by atoms with Crippen molar-refractivity contribution in [2.75, 3.05) is 6.61 Å². The third kappa shape index (κ3) is 5.81. The first kappa shape index (κ1) is 15.8. The van der Waals surface area contributed by atoms with Gasteiger partial charge in [0.1, 0.15) is 5.75 Å². The van der Waals surface area contributed by atoms with Crippen LogP contribution in [-0.2, 0) is 4.79 Å². The summed E-state index contributed by atoms with van der Waals surface area (Å²) in [7, 11) is 0. The Morgan fingerprint density at radius 3 is 2.59 bits per heavy atom. The minimum absolute atomic E-state index is 0.110. The van der Waals surface area contributed by atoms with Crippen molar-refractivity contribution < 1.29 is 9.53 Å². The first-order valence-corrected chi connectivity index (χ1v) is 7.04. The zero-order chi connectivity index (χ0) is 15.6. The predicted molar refractivity (Wildman–Crippen MR) is 89.1 cm³/mol. The molecule has 0 radical (unpaired) electrons. The van der Waals surface area contributed by atoms with Crippen LogP contribution in [0.2, 0.25) is 5.02 Å². The highest BCUT2D eigenvalue weighted by Gasteiger charge is 2.00. The fraction of sp³-hybridized carbons (Fsp3) is 0.0588. The van der Waals surface area contributed by atoms with Crippen molar-refractivity contribution >= 4 is 29.8 Å². The Morgan fingerprint density at radius 1 is 1.14 bits per heavy atom. The van der Waals surface area contributed by atoms with Crippen LogP contribution in [0.25, 0.3) is 6.08 Å². The van der Waals surface area contributed by atoms with Gasteiger partial charge in [0.15, 0.2) is 6.61 Å². The summed E-state index contributed by atoms with van der Waals surface area (Å²) in [6, 6.07) is 16.6. The van der Waals surface area contributed by atoms with Gasteiger partial charge in [-0.05, 0) is 35.9 Å². The van der Waals surface area contributed by atoms with Gasteiger partial charge in [0.05, 0.1) is 0 Å². The highest BCUT2D eigenvalue weighted by atomic mass is 35.5. The van der Waals surface area contributed by atoms with E-state index in [1.54, 1.807) is 30.3 Å². The lowest BCUT2D eigenvalue weighted by Crippen LogP contribution is -2.24. The number of hydrogen-bond acceptors (Lipinski definition) is 3. The molecule has 0 saturated carbocycles. The van der Waals surface area contributed by atoms with Gasteiger partial charge in [0.25, 0.3) is 5.91 Å². The second-order valence-corrected chi connectivity index (χ2v) is 4.76. The number of allylic oxidation sites excluding steroid dienone is 1. The molecule has 0 aromatic heterocycles. The van der Waals surface area contributed by atoms with E-state index in [2.05, 4.69) is 10.5 Å². The van der Waals surface area contributed by atoms with Crippen LogP contribution in [0.4, 0.5) is 0 Å². The first-order valence-electron chi connectivity index (χ1n) is 6.66. The minimum Gasteiger partial charge on any atom is -0.484 e. The van der Waals surface area contributed by atoms with E-state index in [-0.39, 0.29) is 12.5 Å². The van der Waals surface area contributed by atoms with Gasteiger partial charge in [0.2, 0.25) is 0 Å². The summed E-state index contributed by atoms with van der Waals surface area (Å²) in [5.41, 5.74) is 3.44. The molecule has 0 heterocycles. The normalized spacial score (nSPS) is 11.0. The molecule has 2 aromatic rings. The highest BCUT2D eigenvalue weighted by Crippen LogP contribution is 2.15. The number of nitrogens with one attached hydrogen (secondary N) is 1. The molecule has 5 heteroatoms. The monoisotopic (exact) mass is 314 g/mol. The molecule has 1 N–H and O–H groups in total. The minimum atomic E-state index is -0.334. The maximum absolute atomic E-state index is 11.5. The number of hydrogen-bond donors (Lipinski definition) is 1. The zero-order valence-corrected chi connectivity index (χ0v) is 12.5. The van der Waals surface area contributed by atoms with E-state index in [9.17, 15) is 4.79 Å². The molecule has 0 aliphatic carbocycles. The summed E-state index contributed by atoms with van der Waals surface area (Å²) in [6.07, 6.45) is 5.14. The molecular formula is C17H15ClN2O2. The SMILES string of the molecule is O=C(COc1ccc(Cl)cc1)N/N=C\C=C\c1ccccc1. The van der Waals surface area contributed by atoms with Crippen LogP contribution in [0.1, 0.15) is 5.56 Å². The Labute approximate surface area is 134 Å². The lowest BCUT2D eigenvalue weighted by molar-refractivity contribution is -0.123. The van der Waals surface area contributed by atoms with E-state index in [1.165, 1.54) is 6.21 Å². The first-order chi connectivity index (χ1) is 10.7. The summed E-state index contributed by atoms with van der Waals surface area (Å²) in [5, 5.41) is 4.42. The number of halogens is 1. The van der Waals surface area contributed by atoms with Crippen molar-refractivity contribution in [3.63, 3.8) is 0 Å². The standard InChI is InChI=1S/C17H15ClN2O2/c18-15-8-10-16(11-9-15)22-13-17(21)20-19-12-4-7-14-5-2-1-3-6-14/h1-12H,13H2,(H,20,21)/b7-4+,19-12-. The zero-order valence-electron chi connectivity index (χ0n) is 11.8. The van der Waals surface area contributed by atoms with Gasteiger partial charge < -0.3 is 4.74 Å². The van der Waals surface area contributed by atoms with Crippen molar-refractivity contribution in [3.8, 4) is 5.75 Å². The summed E-state index contributed by atoms with van der Waals surface area (Å²) in [6.45, 7) is -0.110. The topological polar surface area (TPSA) is 50.7 Å². The van der Waals surface area contributed by atoms with Crippen LogP contribution in [0.5, 0.6) is 5.75 Å². The maximum atomic E-state index is 11.5. The van der Waals surface area contributed by atoms with Crippen molar-refractivity contribution in [2.45, 2.75) is 0 Å². The van der Waals surface area contributed by atoms with Crippen LogP contribution in [0, 0.1) is 0 Å². The lowest BCUT2D eigenvalue weighted by atomic mass is 10.2. The second-order valence-electron chi connectivity index (χ2n) is 4.33. The van der Waals surface area contributed by atoms with Crippen molar-refractivity contribution in [2.24, 2.45) is 5.10 Å². The molecule has 0 saturated heterocycles. The van der Waals surface area contributed by atoms with Crippen molar-refractivity contribution in [3.05, 3.63) is 71.3 Å². The van der Waals surface area contributed by atoms with E-state index in [4.69, 9.17) is 16.3 Å². The number of ether oxygens (including phenoxy) is 1. The van der Waals surface area contributed by atoms with Gasteiger partial charge in [-0.2, -0.15) is 5.10 Å². The van der Waals surface area contributed by atoms with E-state index >= 15 is 0 Å². The van der Waals surface area contributed by atoms with Crippen LogP contribution in [0.3, 0.4) is 0 Å². The molecule has 0 unspecified atom stereocenters. The molecule has 2 rings (SSSR count). The number of amides is 1. The molecular weight excluding hydrogens is 300 g/mol. The summed E-state index contributed by atoms with van der Waals surface area (Å²) >= 11 is 5.76. The number of rotatable bonds is 6. The third-order valence-corrected chi connectivity index (χ3v) is 2.87. The van der Waals surface area contributed by atoms with E-state index in [1.807, 2.05) is 36.4 Å². The van der Waals surface area contributed by atoms with E-state index in [0.29, 0.717) is 10.8 Å². The molecule has 0 bridgehead atoms. The van der Waals surface area contributed by atoms with Crippen LogP contribution >= 0.6 is 11.6 Å². The molecule has 2 aromatic carbocycles. The number of benzene rings is 2. The van der Waals surface area contributed by atoms with Crippen LogP contribution in [-0.4, -0.2) is 18.7 Å². The smallest absolute Gasteiger partial charge is 0.277 e. The van der Waals surface area contributed by atoms with Gasteiger partial charge in [-0.15, -0.1) is 0 Å². The molecule has 0 fully saturated rings. The average Bonchev–Trinajstić information content (AvgIpc) is 2.55. The molecule has 1 amide bonds. The number of carbonyl (C=O) groups is 1. The van der Waals surface area contributed by atoms with E-state index < -0.39 is 0 Å². The molecule has 0 aliphatic rings. The van der Waals surface area contributed by atoms with Gasteiger partial charge >= 0.3 is 0 Å². The second kappa shape index (κ2) is 8.64. The Morgan fingerprint density at radius 2 is 1.86 bits per heavy atom. The average molecular weight is 315 g/mol. The largest absolute Gasteiger partial charge is 0.484 e. The fourth-order valence-corrected chi connectivity index (χ4v) is 1.71. The van der Waals surface area contributed by atoms with E-state index in [0.717, 1.165) is 5.56 Å². The van der Waals surface area contributed by atoms with Gasteiger partial charge in [0, 0.05) is 11.2 Å².